The van der Waals surface area contributed by atoms with E-state index in [9.17, 15) is 9.59 Å². The first-order valence-electron chi connectivity index (χ1n) is 8.28. The SMILES string of the molecule is Cc1cnn(C(C)C(C)NCC(=O)NC2CCCCNC2=O)c1. The number of carbonyl (C=O) groups excluding carboxylic acids is 2. The summed E-state index contributed by atoms with van der Waals surface area (Å²) in [7, 11) is 0. The second kappa shape index (κ2) is 8.10. The summed E-state index contributed by atoms with van der Waals surface area (Å²) in [5, 5.41) is 13.1. The Hall–Kier alpha value is -1.89. The van der Waals surface area contributed by atoms with E-state index >= 15 is 0 Å². The molecule has 0 radical (unpaired) electrons. The number of rotatable bonds is 6. The molecule has 3 unspecified atom stereocenters. The van der Waals surface area contributed by atoms with Crippen molar-refractivity contribution >= 4 is 11.8 Å². The summed E-state index contributed by atoms with van der Waals surface area (Å²) in [6.45, 7) is 6.96. The minimum Gasteiger partial charge on any atom is -0.354 e. The third kappa shape index (κ3) is 5.06. The molecule has 1 aromatic heterocycles. The number of aromatic nitrogens is 2. The summed E-state index contributed by atoms with van der Waals surface area (Å²) in [5.41, 5.74) is 1.11. The van der Waals surface area contributed by atoms with Crippen LogP contribution in [0.4, 0.5) is 0 Å². The Morgan fingerprint density at radius 1 is 1.48 bits per heavy atom. The second-order valence-electron chi connectivity index (χ2n) is 6.31. The lowest BCUT2D eigenvalue weighted by atomic mass is 10.1. The topological polar surface area (TPSA) is 88.1 Å². The molecule has 2 rings (SSSR count). The van der Waals surface area contributed by atoms with Gasteiger partial charge in [-0.1, -0.05) is 0 Å². The first-order chi connectivity index (χ1) is 11.0. The van der Waals surface area contributed by atoms with E-state index in [4.69, 9.17) is 0 Å². The maximum atomic E-state index is 12.1. The van der Waals surface area contributed by atoms with Crippen molar-refractivity contribution in [2.45, 2.75) is 58.2 Å². The van der Waals surface area contributed by atoms with Gasteiger partial charge in [-0.2, -0.15) is 5.10 Å². The molecule has 1 fully saturated rings. The van der Waals surface area contributed by atoms with Gasteiger partial charge in [0.05, 0.1) is 18.8 Å². The van der Waals surface area contributed by atoms with Gasteiger partial charge in [0.25, 0.3) is 0 Å². The molecule has 3 atom stereocenters. The highest BCUT2D eigenvalue weighted by molar-refractivity contribution is 5.88. The Balaban J connectivity index is 1.78. The van der Waals surface area contributed by atoms with E-state index in [2.05, 4.69) is 28.0 Å². The number of nitrogens with zero attached hydrogens (tertiary/aromatic N) is 2. The molecule has 0 spiro atoms. The van der Waals surface area contributed by atoms with Crippen molar-refractivity contribution in [2.24, 2.45) is 0 Å². The van der Waals surface area contributed by atoms with Crippen LogP contribution in [0, 0.1) is 6.92 Å². The van der Waals surface area contributed by atoms with Crippen molar-refractivity contribution in [3.63, 3.8) is 0 Å². The van der Waals surface area contributed by atoms with Gasteiger partial charge in [0, 0.05) is 18.8 Å². The zero-order valence-electron chi connectivity index (χ0n) is 14.1. The van der Waals surface area contributed by atoms with E-state index in [0.717, 1.165) is 18.4 Å². The van der Waals surface area contributed by atoms with Gasteiger partial charge in [0.15, 0.2) is 0 Å². The fourth-order valence-corrected chi connectivity index (χ4v) is 2.63. The van der Waals surface area contributed by atoms with Gasteiger partial charge < -0.3 is 16.0 Å². The van der Waals surface area contributed by atoms with Crippen LogP contribution in [0.1, 0.15) is 44.7 Å². The normalized spacial score (nSPS) is 21.2. The van der Waals surface area contributed by atoms with Crippen molar-refractivity contribution in [1.29, 1.82) is 0 Å². The minimum absolute atomic E-state index is 0.0794. The first-order valence-corrected chi connectivity index (χ1v) is 8.28. The zero-order valence-corrected chi connectivity index (χ0v) is 14.1. The van der Waals surface area contributed by atoms with Gasteiger partial charge in [-0.25, -0.2) is 0 Å². The Labute approximate surface area is 137 Å². The lowest BCUT2D eigenvalue weighted by Crippen LogP contribution is -2.49. The van der Waals surface area contributed by atoms with E-state index in [-0.39, 0.29) is 30.4 Å². The van der Waals surface area contributed by atoms with Crippen LogP contribution in [0.3, 0.4) is 0 Å². The Morgan fingerprint density at radius 2 is 2.26 bits per heavy atom. The third-order valence-electron chi connectivity index (χ3n) is 4.33. The molecule has 0 aliphatic carbocycles. The van der Waals surface area contributed by atoms with Crippen LogP contribution in [0.25, 0.3) is 0 Å². The summed E-state index contributed by atoms with van der Waals surface area (Å²) in [6, 6.07) is -0.186. The number of aryl methyl sites for hydroxylation is 1. The number of carbonyl (C=O) groups is 2. The fourth-order valence-electron chi connectivity index (χ4n) is 2.63. The number of hydrogen-bond donors (Lipinski definition) is 3. The summed E-state index contributed by atoms with van der Waals surface area (Å²) >= 11 is 0. The molecule has 0 saturated carbocycles. The van der Waals surface area contributed by atoms with E-state index in [1.54, 1.807) is 0 Å². The molecule has 3 N–H and O–H groups in total. The summed E-state index contributed by atoms with van der Waals surface area (Å²) in [5.74, 6) is -0.230. The maximum Gasteiger partial charge on any atom is 0.242 e. The van der Waals surface area contributed by atoms with Gasteiger partial charge in [0.1, 0.15) is 6.04 Å². The molecule has 128 valence electrons. The zero-order chi connectivity index (χ0) is 16.8. The van der Waals surface area contributed by atoms with Crippen LogP contribution in [-0.2, 0) is 9.59 Å². The van der Waals surface area contributed by atoms with Gasteiger partial charge in [0.2, 0.25) is 11.8 Å². The average Bonchev–Trinajstić information content (AvgIpc) is 2.86. The highest BCUT2D eigenvalue weighted by Gasteiger charge is 2.23. The van der Waals surface area contributed by atoms with Crippen LogP contribution >= 0.6 is 0 Å². The maximum absolute atomic E-state index is 12.1. The molecule has 7 nitrogen and oxygen atoms in total. The molecule has 2 amide bonds. The standard InChI is InChI=1S/C16H27N5O2/c1-11-8-19-21(10-11)13(3)12(2)18-9-15(22)20-14-6-4-5-7-17-16(14)23/h8,10,12-14,18H,4-7,9H2,1-3H3,(H,17,23)(H,20,22). The molecule has 1 aliphatic rings. The Kier molecular flexibility index (Phi) is 6.15. The van der Waals surface area contributed by atoms with Crippen molar-refractivity contribution in [2.75, 3.05) is 13.1 Å². The van der Waals surface area contributed by atoms with Crippen molar-refractivity contribution in [1.82, 2.24) is 25.7 Å². The lowest BCUT2D eigenvalue weighted by molar-refractivity contribution is -0.128. The summed E-state index contributed by atoms with van der Waals surface area (Å²) in [4.78, 5) is 23.9. The van der Waals surface area contributed by atoms with Crippen molar-refractivity contribution < 1.29 is 9.59 Å². The summed E-state index contributed by atoms with van der Waals surface area (Å²) < 4.78 is 1.89. The number of hydrogen-bond acceptors (Lipinski definition) is 4. The van der Waals surface area contributed by atoms with Crippen LogP contribution in [0.5, 0.6) is 0 Å². The molecule has 2 heterocycles. The Morgan fingerprint density at radius 3 is 2.96 bits per heavy atom. The van der Waals surface area contributed by atoms with Crippen molar-refractivity contribution in [3.05, 3.63) is 18.0 Å². The average molecular weight is 321 g/mol. The molecule has 23 heavy (non-hydrogen) atoms. The molecule has 0 aromatic carbocycles. The second-order valence-corrected chi connectivity index (χ2v) is 6.31. The minimum atomic E-state index is -0.409. The van der Waals surface area contributed by atoms with Crippen molar-refractivity contribution in [3.8, 4) is 0 Å². The van der Waals surface area contributed by atoms with E-state index in [1.807, 2.05) is 30.9 Å². The van der Waals surface area contributed by atoms with Gasteiger partial charge in [-0.15, -0.1) is 0 Å². The fraction of sp³-hybridized carbons (Fsp3) is 0.688. The summed E-state index contributed by atoms with van der Waals surface area (Å²) in [6.07, 6.45) is 6.42. The first kappa shape index (κ1) is 17.5. The molecular weight excluding hydrogens is 294 g/mol. The van der Waals surface area contributed by atoms with Crippen LogP contribution in [0.2, 0.25) is 0 Å². The Bertz CT molecular complexity index is 542. The quantitative estimate of drug-likeness (QED) is 0.712. The van der Waals surface area contributed by atoms with Crippen LogP contribution in [-0.4, -0.2) is 46.8 Å². The smallest absolute Gasteiger partial charge is 0.242 e. The third-order valence-corrected chi connectivity index (χ3v) is 4.33. The highest BCUT2D eigenvalue weighted by atomic mass is 16.2. The van der Waals surface area contributed by atoms with Gasteiger partial charge in [-0.05, 0) is 45.6 Å². The van der Waals surface area contributed by atoms with E-state index < -0.39 is 6.04 Å². The van der Waals surface area contributed by atoms with Gasteiger partial charge >= 0.3 is 0 Å². The number of amides is 2. The molecule has 0 bridgehead atoms. The van der Waals surface area contributed by atoms with Crippen LogP contribution in [0.15, 0.2) is 12.4 Å². The largest absolute Gasteiger partial charge is 0.354 e. The van der Waals surface area contributed by atoms with E-state index in [0.29, 0.717) is 13.0 Å². The molecular formula is C16H27N5O2. The van der Waals surface area contributed by atoms with Gasteiger partial charge in [-0.3, -0.25) is 14.3 Å². The van der Waals surface area contributed by atoms with E-state index in [1.165, 1.54) is 0 Å². The molecule has 1 aliphatic heterocycles. The number of nitrogens with one attached hydrogen (secondary N) is 3. The predicted octanol–water partition coefficient (Wildman–Crippen LogP) is 0.516. The molecule has 1 aromatic rings. The molecule has 1 saturated heterocycles. The lowest BCUT2D eigenvalue weighted by Gasteiger charge is -2.22. The molecule has 7 heteroatoms. The monoisotopic (exact) mass is 321 g/mol. The predicted molar refractivity (Wildman–Crippen MR) is 87.9 cm³/mol. The highest BCUT2D eigenvalue weighted by Crippen LogP contribution is 2.10. The van der Waals surface area contributed by atoms with Crippen LogP contribution < -0.4 is 16.0 Å².